The molecule has 0 saturated heterocycles. The molecule has 0 aliphatic heterocycles. The van der Waals surface area contributed by atoms with Crippen molar-refractivity contribution in [2.75, 3.05) is 11.9 Å². The third-order valence-corrected chi connectivity index (χ3v) is 4.26. The Balaban J connectivity index is 1.95. The van der Waals surface area contributed by atoms with Crippen molar-refractivity contribution >= 4 is 11.6 Å². The van der Waals surface area contributed by atoms with Crippen LogP contribution in [0.25, 0.3) is 0 Å². The molecule has 24 heavy (non-hydrogen) atoms. The molecule has 0 saturated carbocycles. The fourth-order valence-corrected chi connectivity index (χ4v) is 2.81. The molecule has 1 N–H and O–H groups in total. The van der Waals surface area contributed by atoms with Crippen molar-refractivity contribution in [2.24, 2.45) is 0 Å². The number of carbonyl (C=O) groups excluding carboxylic acids is 1. The maximum absolute atomic E-state index is 12.8. The molecule has 0 aliphatic carbocycles. The molecule has 3 nitrogen and oxygen atoms in total. The molecule has 0 radical (unpaired) electrons. The quantitative estimate of drug-likeness (QED) is 0.470. The zero-order valence-corrected chi connectivity index (χ0v) is 14.8. The second-order valence-electron chi connectivity index (χ2n) is 6.24. The van der Waals surface area contributed by atoms with Gasteiger partial charge < -0.3 is 5.32 Å². The van der Waals surface area contributed by atoms with E-state index in [1.54, 1.807) is 6.20 Å². The number of rotatable bonds is 10. The lowest BCUT2D eigenvalue weighted by Crippen LogP contribution is -2.11. The smallest absolute Gasteiger partial charge is 0.196 e. The number of carbonyl (C=O) groups is 1. The number of pyridine rings is 1. The second-order valence-corrected chi connectivity index (χ2v) is 6.24. The van der Waals surface area contributed by atoms with Gasteiger partial charge in [-0.15, -0.1) is 0 Å². The molecular weight excluding hydrogens is 296 g/mol. The zero-order chi connectivity index (χ0) is 17.2. The van der Waals surface area contributed by atoms with Crippen molar-refractivity contribution in [3.05, 3.63) is 59.3 Å². The van der Waals surface area contributed by atoms with Crippen LogP contribution in [-0.4, -0.2) is 17.3 Å². The van der Waals surface area contributed by atoms with Crippen molar-refractivity contribution in [1.29, 1.82) is 0 Å². The molecule has 0 unspecified atom stereocenters. The molecule has 2 rings (SSSR count). The lowest BCUT2D eigenvalue weighted by atomic mass is 9.99. The summed E-state index contributed by atoms with van der Waals surface area (Å²) < 4.78 is 0. The van der Waals surface area contributed by atoms with Crippen molar-refractivity contribution in [2.45, 2.75) is 52.4 Å². The monoisotopic (exact) mass is 324 g/mol. The molecule has 0 fully saturated rings. The number of benzene rings is 1. The van der Waals surface area contributed by atoms with Gasteiger partial charge in [-0.05, 0) is 31.0 Å². The standard InChI is InChI=1S/C21H28N2O/c1-3-4-5-6-7-10-15-22-21-19(14-11-16-23-21)20(24)18-13-9-8-12-17(18)2/h8-9,11-14,16H,3-7,10,15H2,1-2H3,(H,22,23). The first kappa shape index (κ1) is 18.2. The maximum atomic E-state index is 12.8. The van der Waals surface area contributed by atoms with Crippen LogP contribution >= 0.6 is 0 Å². The predicted molar refractivity (Wildman–Crippen MR) is 101 cm³/mol. The van der Waals surface area contributed by atoms with E-state index in [1.807, 2.05) is 43.3 Å². The van der Waals surface area contributed by atoms with E-state index < -0.39 is 0 Å². The number of nitrogens with zero attached hydrogens (tertiary/aromatic N) is 1. The summed E-state index contributed by atoms with van der Waals surface area (Å²) >= 11 is 0. The first-order valence-corrected chi connectivity index (χ1v) is 9.03. The summed E-state index contributed by atoms with van der Waals surface area (Å²) in [5.74, 6) is 0.728. The van der Waals surface area contributed by atoms with Crippen molar-refractivity contribution in [3.8, 4) is 0 Å². The summed E-state index contributed by atoms with van der Waals surface area (Å²) in [4.78, 5) is 17.2. The third kappa shape index (κ3) is 5.19. The number of anilines is 1. The first-order chi connectivity index (χ1) is 11.7. The van der Waals surface area contributed by atoms with E-state index in [9.17, 15) is 4.79 Å². The molecule has 0 bridgehead atoms. The Labute approximate surface area is 145 Å². The predicted octanol–water partition coefficient (Wildman–Crippen LogP) is 5.39. The van der Waals surface area contributed by atoms with Crippen LogP contribution in [0.5, 0.6) is 0 Å². The van der Waals surface area contributed by atoms with E-state index in [4.69, 9.17) is 0 Å². The Morgan fingerprint density at radius 1 is 0.958 bits per heavy atom. The van der Waals surface area contributed by atoms with Crippen LogP contribution in [-0.2, 0) is 0 Å². The van der Waals surface area contributed by atoms with Gasteiger partial charge in [-0.3, -0.25) is 4.79 Å². The molecule has 2 aromatic rings. The summed E-state index contributed by atoms with van der Waals surface area (Å²) in [6.07, 6.45) is 9.26. The van der Waals surface area contributed by atoms with Gasteiger partial charge in [0.05, 0.1) is 5.56 Å². The molecule has 0 spiro atoms. The van der Waals surface area contributed by atoms with Crippen LogP contribution < -0.4 is 5.32 Å². The van der Waals surface area contributed by atoms with Gasteiger partial charge >= 0.3 is 0 Å². The van der Waals surface area contributed by atoms with Crippen LogP contribution in [0.1, 0.15) is 66.9 Å². The Morgan fingerprint density at radius 3 is 2.46 bits per heavy atom. The van der Waals surface area contributed by atoms with Gasteiger partial charge in [0, 0.05) is 18.3 Å². The molecule has 1 aromatic heterocycles. The Morgan fingerprint density at radius 2 is 1.67 bits per heavy atom. The summed E-state index contributed by atoms with van der Waals surface area (Å²) in [5.41, 5.74) is 2.39. The fourth-order valence-electron chi connectivity index (χ4n) is 2.81. The van der Waals surface area contributed by atoms with Crippen LogP contribution in [0.4, 0.5) is 5.82 Å². The number of ketones is 1. The minimum absolute atomic E-state index is 0.0339. The number of hydrogen-bond acceptors (Lipinski definition) is 3. The van der Waals surface area contributed by atoms with E-state index >= 15 is 0 Å². The Kier molecular flexibility index (Phi) is 7.47. The average Bonchev–Trinajstić information content (AvgIpc) is 2.61. The van der Waals surface area contributed by atoms with E-state index in [-0.39, 0.29) is 5.78 Å². The normalized spacial score (nSPS) is 10.6. The molecule has 0 aliphatic rings. The molecule has 128 valence electrons. The zero-order valence-electron chi connectivity index (χ0n) is 14.8. The highest BCUT2D eigenvalue weighted by Crippen LogP contribution is 2.19. The van der Waals surface area contributed by atoms with Crippen molar-refractivity contribution in [3.63, 3.8) is 0 Å². The van der Waals surface area contributed by atoms with Gasteiger partial charge in [0.1, 0.15) is 5.82 Å². The molecule has 1 heterocycles. The van der Waals surface area contributed by atoms with Gasteiger partial charge in [0.2, 0.25) is 0 Å². The van der Waals surface area contributed by atoms with Gasteiger partial charge in [-0.2, -0.15) is 0 Å². The summed E-state index contributed by atoms with van der Waals surface area (Å²) in [7, 11) is 0. The summed E-state index contributed by atoms with van der Waals surface area (Å²) in [6.45, 7) is 5.06. The number of unbranched alkanes of at least 4 members (excludes halogenated alkanes) is 5. The van der Waals surface area contributed by atoms with E-state index in [1.165, 1.54) is 32.1 Å². The minimum atomic E-state index is 0.0339. The second kappa shape index (κ2) is 9.86. The number of aryl methyl sites for hydroxylation is 1. The van der Waals surface area contributed by atoms with Crippen LogP contribution in [0.15, 0.2) is 42.6 Å². The lowest BCUT2D eigenvalue weighted by molar-refractivity contribution is 0.103. The number of aromatic nitrogens is 1. The number of nitrogens with one attached hydrogen (secondary N) is 1. The SMILES string of the molecule is CCCCCCCCNc1ncccc1C(=O)c1ccccc1C. The lowest BCUT2D eigenvalue weighted by Gasteiger charge is -2.11. The maximum Gasteiger partial charge on any atom is 0.196 e. The van der Waals surface area contributed by atoms with Gasteiger partial charge in [0.15, 0.2) is 5.78 Å². The van der Waals surface area contributed by atoms with Crippen molar-refractivity contribution in [1.82, 2.24) is 4.98 Å². The summed E-state index contributed by atoms with van der Waals surface area (Å²) in [6, 6.07) is 11.4. The minimum Gasteiger partial charge on any atom is -0.369 e. The number of hydrogen-bond donors (Lipinski definition) is 1. The molecule has 1 aromatic carbocycles. The van der Waals surface area contributed by atoms with E-state index in [2.05, 4.69) is 17.2 Å². The highest BCUT2D eigenvalue weighted by Gasteiger charge is 2.15. The Bertz CT molecular complexity index is 652. The molecule has 3 heteroatoms. The highest BCUT2D eigenvalue weighted by molar-refractivity contribution is 6.12. The average molecular weight is 324 g/mol. The molecule has 0 atom stereocenters. The molecular formula is C21H28N2O. The van der Waals surface area contributed by atoms with Gasteiger partial charge in [0.25, 0.3) is 0 Å². The Hall–Kier alpha value is -2.16. The van der Waals surface area contributed by atoms with Crippen molar-refractivity contribution < 1.29 is 4.79 Å². The van der Waals surface area contributed by atoms with E-state index in [0.717, 1.165) is 24.1 Å². The topological polar surface area (TPSA) is 42.0 Å². The van der Waals surface area contributed by atoms with Gasteiger partial charge in [-0.1, -0.05) is 63.3 Å². The van der Waals surface area contributed by atoms with Crippen LogP contribution in [0.3, 0.4) is 0 Å². The third-order valence-electron chi connectivity index (χ3n) is 4.26. The largest absolute Gasteiger partial charge is 0.369 e. The highest BCUT2D eigenvalue weighted by atomic mass is 16.1. The first-order valence-electron chi connectivity index (χ1n) is 9.03. The van der Waals surface area contributed by atoms with Crippen LogP contribution in [0.2, 0.25) is 0 Å². The van der Waals surface area contributed by atoms with E-state index in [0.29, 0.717) is 11.4 Å². The van der Waals surface area contributed by atoms with Gasteiger partial charge in [-0.25, -0.2) is 4.98 Å². The summed E-state index contributed by atoms with van der Waals surface area (Å²) in [5, 5.41) is 3.34. The fraction of sp³-hybridized carbons (Fsp3) is 0.429. The molecule has 0 amide bonds. The van der Waals surface area contributed by atoms with Crippen LogP contribution in [0, 0.1) is 6.92 Å².